The third-order valence-electron chi connectivity index (χ3n) is 2.42. The molecule has 0 aliphatic rings. The molecule has 1 heterocycles. The summed E-state index contributed by atoms with van der Waals surface area (Å²) < 4.78 is 4.72. The summed E-state index contributed by atoms with van der Waals surface area (Å²) in [7, 11) is 0. The van der Waals surface area contributed by atoms with Crippen LogP contribution in [0.3, 0.4) is 0 Å². The molecule has 1 aromatic heterocycles. The number of rotatable bonds is 4. The van der Waals surface area contributed by atoms with E-state index in [1.54, 1.807) is 24.3 Å². The standard InChI is InChI=1S/C13H8N4O4/c14-7-9-1-3-10(4-2-9)8-15-16-13(18)11-5-6-12(21-11)17(19)20/h1-6,8H,(H,16,18). The average molecular weight is 284 g/mol. The minimum atomic E-state index is -0.739. The number of hydrogen-bond donors (Lipinski definition) is 1. The average Bonchev–Trinajstić information content (AvgIpc) is 2.98. The van der Waals surface area contributed by atoms with Crippen molar-refractivity contribution < 1.29 is 14.1 Å². The summed E-state index contributed by atoms with van der Waals surface area (Å²) in [5.41, 5.74) is 3.37. The zero-order chi connectivity index (χ0) is 15.2. The fourth-order valence-corrected chi connectivity index (χ4v) is 1.41. The molecule has 0 atom stereocenters. The lowest BCUT2D eigenvalue weighted by Gasteiger charge is -1.95. The van der Waals surface area contributed by atoms with Gasteiger partial charge in [0.1, 0.15) is 4.92 Å². The van der Waals surface area contributed by atoms with Crippen molar-refractivity contribution in [2.24, 2.45) is 5.10 Å². The van der Waals surface area contributed by atoms with Crippen molar-refractivity contribution in [2.45, 2.75) is 0 Å². The summed E-state index contributed by atoms with van der Waals surface area (Å²) >= 11 is 0. The van der Waals surface area contributed by atoms with E-state index in [1.165, 1.54) is 12.3 Å². The van der Waals surface area contributed by atoms with Crippen LogP contribution in [-0.4, -0.2) is 17.0 Å². The van der Waals surface area contributed by atoms with Crippen molar-refractivity contribution in [3.8, 4) is 6.07 Å². The first-order valence-electron chi connectivity index (χ1n) is 5.68. The number of nitro groups is 1. The predicted molar refractivity (Wildman–Crippen MR) is 71.6 cm³/mol. The van der Waals surface area contributed by atoms with Crippen LogP contribution in [0.5, 0.6) is 0 Å². The molecule has 2 rings (SSSR count). The molecule has 0 aliphatic carbocycles. The molecule has 0 radical (unpaired) electrons. The van der Waals surface area contributed by atoms with Crippen LogP contribution < -0.4 is 5.43 Å². The molecule has 0 saturated heterocycles. The van der Waals surface area contributed by atoms with E-state index in [0.29, 0.717) is 11.1 Å². The summed E-state index contributed by atoms with van der Waals surface area (Å²) in [6.07, 6.45) is 1.37. The van der Waals surface area contributed by atoms with E-state index in [2.05, 4.69) is 10.5 Å². The molecule has 1 amide bonds. The zero-order valence-electron chi connectivity index (χ0n) is 10.5. The molecule has 0 aliphatic heterocycles. The maximum Gasteiger partial charge on any atom is 0.433 e. The van der Waals surface area contributed by atoms with Gasteiger partial charge in [-0.25, -0.2) is 5.43 Å². The van der Waals surface area contributed by atoms with Crippen molar-refractivity contribution in [1.29, 1.82) is 5.26 Å². The van der Waals surface area contributed by atoms with Gasteiger partial charge in [0, 0.05) is 0 Å². The lowest BCUT2D eigenvalue weighted by Crippen LogP contribution is -2.16. The zero-order valence-corrected chi connectivity index (χ0v) is 10.5. The number of nitrogens with zero attached hydrogens (tertiary/aromatic N) is 3. The molecule has 1 aromatic carbocycles. The predicted octanol–water partition coefficient (Wildman–Crippen LogP) is 1.82. The minimum Gasteiger partial charge on any atom is -0.395 e. The molecule has 21 heavy (non-hydrogen) atoms. The number of nitriles is 1. The number of carbonyl (C=O) groups excluding carboxylic acids is 1. The Morgan fingerprint density at radius 3 is 2.62 bits per heavy atom. The molecule has 0 unspecified atom stereocenters. The molecule has 0 bridgehead atoms. The van der Waals surface area contributed by atoms with Gasteiger partial charge >= 0.3 is 11.8 Å². The Labute approximate surface area is 118 Å². The van der Waals surface area contributed by atoms with Gasteiger partial charge in [0.05, 0.1) is 23.9 Å². The quantitative estimate of drug-likeness (QED) is 0.521. The number of furan rings is 1. The van der Waals surface area contributed by atoms with Crippen LogP contribution >= 0.6 is 0 Å². The van der Waals surface area contributed by atoms with Crippen molar-refractivity contribution in [1.82, 2.24) is 5.43 Å². The van der Waals surface area contributed by atoms with Gasteiger partial charge in [0.15, 0.2) is 0 Å². The first-order valence-corrected chi connectivity index (χ1v) is 5.68. The van der Waals surface area contributed by atoms with E-state index in [0.717, 1.165) is 6.07 Å². The minimum absolute atomic E-state index is 0.210. The van der Waals surface area contributed by atoms with Crippen LogP contribution in [0.15, 0.2) is 45.9 Å². The van der Waals surface area contributed by atoms with Gasteiger partial charge in [-0.2, -0.15) is 10.4 Å². The SMILES string of the molecule is N#Cc1ccc(C=NNC(=O)c2ccc([N+](=O)[O-])o2)cc1. The van der Waals surface area contributed by atoms with E-state index >= 15 is 0 Å². The topological polar surface area (TPSA) is 122 Å². The Morgan fingerprint density at radius 2 is 2.05 bits per heavy atom. The Kier molecular flexibility index (Phi) is 4.06. The van der Waals surface area contributed by atoms with Crippen LogP contribution in [0.25, 0.3) is 0 Å². The maximum atomic E-state index is 11.6. The smallest absolute Gasteiger partial charge is 0.395 e. The number of amides is 1. The maximum absolute atomic E-state index is 11.6. The second-order valence-electron chi connectivity index (χ2n) is 3.83. The number of carbonyl (C=O) groups is 1. The van der Waals surface area contributed by atoms with Crippen molar-refractivity contribution in [2.75, 3.05) is 0 Å². The van der Waals surface area contributed by atoms with E-state index in [1.807, 2.05) is 6.07 Å². The van der Waals surface area contributed by atoms with Gasteiger partial charge < -0.3 is 4.42 Å². The lowest BCUT2D eigenvalue weighted by atomic mass is 10.2. The molecule has 0 fully saturated rings. The van der Waals surface area contributed by atoms with Crippen molar-refractivity contribution in [3.05, 3.63) is 63.4 Å². The molecule has 1 N–H and O–H groups in total. The number of benzene rings is 1. The fourth-order valence-electron chi connectivity index (χ4n) is 1.41. The van der Waals surface area contributed by atoms with E-state index < -0.39 is 16.7 Å². The summed E-state index contributed by atoms with van der Waals surface area (Å²) in [5, 5.41) is 22.8. The molecule has 0 saturated carbocycles. The molecule has 2 aromatic rings. The number of hydrazone groups is 1. The summed E-state index contributed by atoms with van der Waals surface area (Å²) in [5.74, 6) is -1.43. The number of hydrogen-bond acceptors (Lipinski definition) is 6. The van der Waals surface area contributed by atoms with Gasteiger partial charge in [-0.3, -0.25) is 14.9 Å². The summed E-state index contributed by atoms with van der Waals surface area (Å²) in [6, 6.07) is 10.8. The second kappa shape index (κ2) is 6.12. The van der Waals surface area contributed by atoms with Gasteiger partial charge in [-0.15, -0.1) is 0 Å². The molecular weight excluding hydrogens is 276 g/mol. The Balaban J connectivity index is 1.97. The van der Waals surface area contributed by atoms with Crippen LogP contribution in [0.1, 0.15) is 21.7 Å². The third-order valence-corrected chi connectivity index (χ3v) is 2.42. The van der Waals surface area contributed by atoms with Gasteiger partial charge in [-0.1, -0.05) is 12.1 Å². The van der Waals surface area contributed by atoms with Crippen LogP contribution in [0.4, 0.5) is 5.88 Å². The fraction of sp³-hybridized carbons (Fsp3) is 0. The lowest BCUT2D eigenvalue weighted by molar-refractivity contribution is -0.402. The highest BCUT2D eigenvalue weighted by Crippen LogP contribution is 2.15. The normalized spacial score (nSPS) is 10.2. The second-order valence-corrected chi connectivity index (χ2v) is 3.83. The monoisotopic (exact) mass is 284 g/mol. The van der Waals surface area contributed by atoms with Crippen LogP contribution in [-0.2, 0) is 0 Å². The van der Waals surface area contributed by atoms with Crippen molar-refractivity contribution in [3.63, 3.8) is 0 Å². The molecular formula is C13H8N4O4. The van der Waals surface area contributed by atoms with E-state index in [4.69, 9.17) is 9.68 Å². The highest BCUT2D eigenvalue weighted by atomic mass is 16.6. The molecule has 104 valence electrons. The summed E-state index contributed by atoms with van der Waals surface area (Å²) in [6.45, 7) is 0. The highest BCUT2D eigenvalue weighted by Gasteiger charge is 2.16. The number of nitrogens with one attached hydrogen (secondary N) is 1. The third kappa shape index (κ3) is 3.51. The Morgan fingerprint density at radius 1 is 1.33 bits per heavy atom. The first-order chi connectivity index (χ1) is 10.1. The van der Waals surface area contributed by atoms with Gasteiger partial charge in [0.25, 0.3) is 0 Å². The molecule has 8 nitrogen and oxygen atoms in total. The van der Waals surface area contributed by atoms with Gasteiger partial charge in [-0.05, 0) is 23.8 Å². The molecule has 0 spiro atoms. The van der Waals surface area contributed by atoms with Crippen molar-refractivity contribution >= 4 is 18.0 Å². The highest BCUT2D eigenvalue weighted by molar-refractivity contribution is 5.92. The first kappa shape index (κ1) is 14.0. The Hall–Kier alpha value is -3.47. The largest absolute Gasteiger partial charge is 0.433 e. The van der Waals surface area contributed by atoms with Crippen LogP contribution in [0.2, 0.25) is 0 Å². The van der Waals surface area contributed by atoms with Gasteiger partial charge in [0.2, 0.25) is 5.76 Å². The van der Waals surface area contributed by atoms with Crippen LogP contribution in [0, 0.1) is 21.4 Å². The summed E-state index contributed by atoms with van der Waals surface area (Å²) in [4.78, 5) is 21.3. The Bertz CT molecular complexity index is 740. The van der Waals surface area contributed by atoms with E-state index in [9.17, 15) is 14.9 Å². The molecule has 8 heteroatoms. The van der Waals surface area contributed by atoms with E-state index in [-0.39, 0.29) is 5.76 Å².